The number of aromatic nitrogens is 2. The number of carbonyl (C=O) groups excluding carboxylic acids is 1. The Hall–Kier alpha value is -1.70. The van der Waals surface area contributed by atoms with Gasteiger partial charge in [-0.3, -0.25) is 0 Å². The zero-order valence-corrected chi connectivity index (χ0v) is 13.2. The van der Waals surface area contributed by atoms with Crippen LogP contribution in [0.15, 0.2) is 0 Å². The monoisotopic (exact) mass is 313 g/mol. The summed E-state index contributed by atoms with van der Waals surface area (Å²) in [5, 5.41) is 0. The van der Waals surface area contributed by atoms with Gasteiger partial charge in [0.25, 0.3) is 0 Å². The van der Waals surface area contributed by atoms with Crippen LogP contribution in [0.1, 0.15) is 29.9 Å². The topological polar surface area (TPSA) is 89.5 Å². The maximum Gasteiger partial charge on any atom is 0.416 e. The molecule has 0 aliphatic heterocycles. The van der Waals surface area contributed by atoms with Crippen molar-refractivity contribution < 1.29 is 17.9 Å². The molecule has 0 saturated heterocycles. The molecule has 1 aliphatic carbocycles. The van der Waals surface area contributed by atoms with E-state index in [1.54, 1.807) is 14.1 Å². The van der Waals surface area contributed by atoms with Crippen molar-refractivity contribution in [3.05, 3.63) is 17.1 Å². The largest absolute Gasteiger partial charge is 0.416 e. The van der Waals surface area contributed by atoms with E-state index < -0.39 is 15.9 Å². The zero-order valence-electron chi connectivity index (χ0n) is 12.4. The van der Waals surface area contributed by atoms with Crippen molar-refractivity contribution in [3.8, 4) is 5.88 Å². The number of hydrogen-bond donors (Lipinski definition) is 0. The van der Waals surface area contributed by atoms with Crippen LogP contribution in [0.3, 0.4) is 0 Å². The van der Waals surface area contributed by atoms with Gasteiger partial charge in [0, 0.05) is 25.9 Å². The second-order valence-corrected chi connectivity index (χ2v) is 7.55. The lowest BCUT2D eigenvalue weighted by atomic mass is 9.97. The summed E-state index contributed by atoms with van der Waals surface area (Å²) in [7, 11) is -0.0876. The molecule has 1 aromatic rings. The Morgan fingerprint density at radius 1 is 1.24 bits per heavy atom. The molecule has 0 fully saturated rings. The maximum absolute atomic E-state index is 11.7. The number of rotatable bonds is 3. The minimum Gasteiger partial charge on any atom is -0.391 e. The predicted octanol–water partition coefficient (Wildman–Crippen LogP) is 0.960. The van der Waals surface area contributed by atoms with Crippen molar-refractivity contribution in [2.45, 2.75) is 31.4 Å². The number of amides is 1. The second-order valence-electron chi connectivity index (χ2n) is 5.41. The SMILES string of the molecule is CN(C)C(=O)Oc1nc(CS(C)(=O)=O)nc2c1CCCC2. The molecule has 8 heteroatoms. The van der Waals surface area contributed by atoms with Crippen molar-refractivity contribution in [2.75, 3.05) is 20.4 Å². The Morgan fingerprint density at radius 2 is 1.90 bits per heavy atom. The minimum atomic E-state index is -3.24. The van der Waals surface area contributed by atoms with Gasteiger partial charge < -0.3 is 9.64 Å². The predicted molar refractivity (Wildman–Crippen MR) is 76.9 cm³/mol. The Balaban J connectivity index is 2.40. The molecule has 116 valence electrons. The molecule has 1 amide bonds. The van der Waals surface area contributed by atoms with E-state index >= 15 is 0 Å². The smallest absolute Gasteiger partial charge is 0.391 e. The van der Waals surface area contributed by atoms with E-state index in [4.69, 9.17) is 4.74 Å². The van der Waals surface area contributed by atoms with Crippen LogP contribution in [-0.2, 0) is 28.4 Å². The summed E-state index contributed by atoms with van der Waals surface area (Å²) in [5.41, 5.74) is 1.60. The van der Waals surface area contributed by atoms with Crippen molar-refractivity contribution in [3.63, 3.8) is 0 Å². The molecule has 0 unspecified atom stereocenters. The molecule has 0 atom stereocenters. The highest BCUT2D eigenvalue weighted by Crippen LogP contribution is 2.27. The molecule has 1 aliphatic rings. The number of nitrogens with zero attached hydrogens (tertiary/aromatic N) is 3. The number of ether oxygens (including phenoxy) is 1. The lowest BCUT2D eigenvalue weighted by molar-refractivity contribution is 0.169. The van der Waals surface area contributed by atoms with Crippen LogP contribution in [0.5, 0.6) is 5.88 Å². The number of aryl methyl sites for hydroxylation is 1. The van der Waals surface area contributed by atoms with E-state index in [1.165, 1.54) is 4.90 Å². The van der Waals surface area contributed by atoms with Crippen LogP contribution >= 0.6 is 0 Å². The van der Waals surface area contributed by atoms with Crippen molar-refractivity contribution in [2.24, 2.45) is 0 Å². The first-order chi connectivity index (χ1) is 9.76. The molecule has 0 N–H and O–H groups in total. The van der Waals surface area contributed by atoms with Gasteiger partial charge in [-0.25, -0.2) is 18.2 Å². The molecule has 7 nitrogen and oxygen atoms in total. The Morgan fingerprint density at radius 3 is 2.52 bits per heavy atom. The van der Waals surface area contributed by atoms with Gasteiger partial charge in [0.2, 0.25) is 5.88 Å². The molecule has 2 rings (SSSR count). The molecule has 0 bridgehead atoms. The fourth-order valence-electron chi connectivity index (χ4n) is 2.17. The van der Waals surface area contributed by atoms with Crippen LogP contribution in [0.25, 0.3) is 0 Å². The van der Waals surface area contributed by atoms with E-state index in [-0.39, 0.29) is 17.5 Å². The molecule has 0 saturated carbocycles. The quantitative estimate of drug-likeness (QED) is 0.825. The first-order valence-corrected chi connectivity index (χ1v) is 8.78. The third kappa shape index (κ3) is 4.13. The van der Waals surface area contributed by atoms with E-state index in [1.807, 2.05) is 0 Å². The average molecular weight is 313 g/mol. The normalized spacial score (nSPS) is 14.4. The van der Waals surface area contributed by atoms with Gasteiger partial charge in [-0.1, -0.05) is 0 Å². The van der Waals surface area contributed by atoms with Crippen LogP contribution < -0.4 is 4.74 Å². The number of carbonyl (C=O) groups is 1. The Kier molecular flexibility index (Phi) is 4.46. The maximum atomic E-state index is 11.7. The van der Waals surface area contributed by atoms with Crippen molar-refractivity contribution in [1.29, 1.82) is 0 Å². The number of sulfone groups is 1. The minimum absolute atomic E-state index is 0.180. The second kappa shape index (κ2) is 5.97. The van der Waals surface area contributed by atoms with Crippen LogP contribution in [0, 0.1) is 0 Å². The van der Waals surface area contributed by atoms with Crippen molar-refractivity contribution in [1.82, 2.24) is 14.9 Å². The van der Waals surface area contributed by atoms with Crippen molar-refractivity contribution >= 4 is 15.9 Å². The Bertz CT molecular complexity index is 656. The summed E-state index contributed by atoms with van der Waals surface area (Å²) in [6.45, 7) is 0. The van der Waals surface area contributed by atoms with E-state index in [0.717, 1.165) is 43.2 Å². The molecule has 1 heterocycles. The van der Waals surface area contributed by atoms with Gasteiger partial charge in [0.15, 0.2) is 9.84 Å². The molecule has 1 aromatic heterocycles. The molecule has 0 spiro atoms. The summed E-state index contributed by atoms with van der Waals surface area (Å²) in [6.07, 6.45) is 4.05. The molecular weight excluding hydrogens is 294 g/mol. The van der Waals surface area contributed by atoms with E-state index in [0.29, 0.717) is 0 Å². The van der Waals surface area contributed by atoms with E-state index in [2.05, 4.69) is 9.97 Å². The summed E-state index contributed by atoms with van der Waals surface area (Å²) in [6, 6.07) is 0. The lowest BCUT2D eigenvalue weighted by Crippen LogP contribution is -2.27. The average Bonchev–Trinajstić information content (AvgIpc) is 2.36. The van der Waals surface area contributed by atoms with Gasteiger partial charge in [-0.15, -0.1) is 0 Å². The van der Waals surface area contributed by atoms with Gasteiger partial charge in [0.1, 0.15) is 11.6 Å². The summed E-state index contributed by atoms with van der Waals surface area (Å²) < 4.78 is 28.1. The number of fused-ring (bicyclic) bond motifs is 1. The highest BCUT2D eigenvalue weighted by molar-refractivity contribution is 7.89. The number of hydrogen-bond acceptors (Lipinski definition) is 6. The molecular formula is C13H19N3O4S. The van der Waals surface area contributed by atoms with Gasteiger partial charge in [-0.2, -0.15) is 4.98 Å². The van der Waals surface area contributed by atoms with Crippen LogP contribution in [-0.4, -0.2) is 49.7 Å². The standard InChI is InChI=1S/C13H19N3O4S/c1-16(2)13(17)20-12-9-6-4-5-7-10(9)14-11(15-12)8-21(3,18)19/h4-8H2,1-3H3. The highest BCUT2D eigenvalue weighted by Gasteiger charge is 2.22. The lowest BCUT2D eigenvalue weighted by Gasteiger charge is -2.19. The third-order valence-electron chi connectivity index (χ3n) is 3.13. The fraction of sp³-hybridized carbons (Fsp3) is 0.615. The highest BCUT2D eigenvalue weighted by atomic mass is 32.2. The first-order valence-electron chi connectivity index (χ1n) is 6.72. The molecule has 0 radical (unpaired) electrons. The first kappa shape index (κ1) is 15.7. The summed E-state index contributed by atoms with van der Waals surface area (Å²) in [4.78, 5) is 21.5. The van der Waals surface area contributed by atoms with Gasteiger partial charge in [0.05, 0.1) is 5.69 Å². The van der Waals surface area contributed by atoms with E-state index in [9.17, 15) is 13.2 Å². The van der Waals surface area contributed by atoms with Gasteiger partial charge in [-0.05, 0) is 25.7 Å². The summed E-state index contributed by atoms with van der Waals surface area (Å²) >= 11 is 0. The Labute approximate surface area is 124 Å². The van der Waals surface area contributed by atoms with Gasteiger partial charge >= 0.3 is 6.09 Å². The van der Waals surface area contributed by atoms with Crippen LogP contribution in [0.4, 0.5) is 4.79 Å². The molecule has 21 heavy (non-hydrogen) atoms. The fourth-order valence-corrected chi connectivity index (χ4v) is 2.76. The zero-order chi connectivity index (χ0) is 15.6. The summed E-state index contributed by atoms with van der Waals surface area (Å²) in [5.74, 6) is 0.115. The van der Waals surface area contributed by atoms with Crippen LogP contribution in [0.2, 0.25) is 0 Å². The molecule has 0 aromatic carbocycles. The third-order valence-corrected chi connectivity index (χ3v) is 3.91.